The number of benzene rings is 1. The minimum absolute atomic E-state index is 0.127. The average Bonchev–Trinajstić information content (AvgIpc) is 3.09. The number of aliphatic hydroxyl groups excluding tert-OH is 1. The summed E-state index contributed by atoms with van der Waals surface area (Å²) in [7, 11) is 0. The molecule has 124 valence electrons. The largest absolute Gasteiger partial charge is 0.394 e. The van der Waals surface area contributed by atoms with Gasteiger partial charge in [-0.15, -0.1) is 0 Å². The molecule has 1 aliphatic rings. The maximum atomic E-state index is 9.13. The zero-order valence-electron chi connectivity index (χ0n) is 13.8. The first kappa shape index (κ1) is 16.5. The third-order valence-corrected chi connectivity index (χ3v) is 5.05. The molecule has 0 bridgehead atoms. The van der Waals surface area contributed by atoms with Gasteiger partial charge in [0, 0.05) is 29.4 Å². The molecule has 2 heterocycles. The Morgan fingerprint density at radius 2 is 2.17 bits per heavy atom. The van der Waals surface area contributed by atoms with Gasteiger partial charge in [0.1, 0.15) is 0 Å². The first-order chi connectivity index (χ1) is 11.1. The number of halogens is 1. The van der Waals surface area contributed by atoms with Gasteiger partial charge in [0.05, 0.1) is 18.8 Å². The average molecular weight is 334 g/mol. The van der Waals surface area contributed by atoms with Crippen molar-refractivity contribution in [3.8, 4) is 0 Å². The molecule has 5 heteroatoms. The van der Waals surface area contributed by atoms with Crippen LogP contribution in [0.25, 0.3) is 0 Å². The van der Waals surface area contributed by atoms with Crippen molar-refractivity contribution in [1.82, 2.24) is 14.7 Å². The fourth-order valence-corrected chi connectivity index (χ4v) is 3.71. The van der Waals surface area contributed by atoms with Crippen LogP contribution in [-0.2, 0) is 13.1 Å². The van der Waals surface area contributed by atoms with E-state index in [0.29, 0.717) is 12.5 Å². The number of aliphatic hydroxyl groups is 1. The molecule has 23 heavy (non-hydrogen) atoms. The molecule has 1 N–H and O–H groups in total. The number of aromatic nitrogens is 2. The van der Waals surface area contributed by atoms with Crippen LogP contribution in [0.1, 0.15) is 34.9 Å². The van der Waals surface area contributed by atoms with E-state index in [1.165, 1.54) is 23.2 Å². The molecule has 1 saturated heterocycles. The van der Waals surface area contributed by atoms with Crippen LogP contribution in [0.4, 0.5) is 0 Å². The van der Waals surface area contributed by atoms with Crippen molar-refractivity contribution >= 4 is 11.6 Å². The summed E-state index contributed by atoms with van der Waals surface area (Å²) in [5.41, 5.74) is 4.87. The van der Waals surface area contributed by atoms with Gasteiger partial charge in [-0.25, -0.2) is 0 Å². The highest BCUT2D eigenvalue weighted by Crippen LogP contribution is 2.30. The van der Waals surface area contributed by atoms with E-state index >= 15 is 0 Å². The van der Waals surface area contributed by atoms with Crippen molar-refractivity contribution in [1.29, 1.82) is 0 Å². The Kier molecular flexibility index (Phi) is 5.05. The van der Waals surface area contributed by atoms with E-state index in [2.05, 4.69) is 36.0 Å². The summed E-state index contributed by atoms with van der Waals surface area (Å²) >= 11 is 6.12. The van der Waals surface area contributed by atoms with Gasteiger partial charge in [-0.3, -0.25) is 9.58 Å². The quantitative estimate of drug-likeness (QED) is 0.914. The van der Waals surface area contributed by atoms with Gasteiger partial charge in [0.2, 0.25) is 0 Å². The monoisotopic (exact) mass is 333 g/mol. The number of aryl methyl sites for hydroxylation is 1. The Morgan fingerprint density at radius 1 is 1.35 bits per heavy atom. The van der Waals surface area contributed by atoms with Crippen LogP contribution < -0.4 is 0 Å². The second-order valence-corrected chi connectivity index (χ2v) is 6.81. The van der Waals surface area contributed by atoms with Crippen molar-refractivity contribution in [2.75, 3.05) is 19.7 Å². The standard InChI is InChI=1S/C18H24ClN3O/c1-13-18(14(2)22(20-13)8-9-23)12-21-7-6-16(11-21)15-4-3-5-17(19)10-15/h3-5,10,16,23H,6-9,11-12H2,1-2H3/t16-/m0/s1. The van der Waals surface area contributed by atoms with Gasteiger partial charge >= 0.3 is 0 Å². The molecule has 1 atom stereocenters. The Bertz CT molecular complexity index is 683. The highest BCUT2D eigenvalue weighted by Gasteiger charge is 2.25. The van der Waals surface area contributed by atoms with Gasteiger partial charge < -0.3 is 5.11 Å². The molecule has 0 amide bonds. The van der Waals surface area contributed by atoms with Crippen LogP contribution in [-0.4, -0.2) is 39.5 Å². The Hall–Kier alpha value is -1.36. The van der Waals surface area contributed by atoms with Crippen molar-refractivity contribution in [2.24, 2.45) is 0 Å². The summed E-state index contributed by atoms with van der Waals surface area (Å²) in [6, 6.07) is 8.23. The smallest absolute Gasteiger partial charge is 0.0644 e. The number of hydrogen-bond acceptors (Lipinski definition) is 3. The molecule has 1 aliphatic heterocycles. The second kappa shape index (κ2) is 7.04. The normalized spacial score (nSPS) is 18.7. The molecule has 1 aromatic carbocycles. The van der Waals surface area contributed by atoms with Crippen LogP contribution in [0.5, 0.6) is 0 Å². The Labute approximate surface area is 142 Å². The molecule has 1 fully saturated rings. The van der Waals surface area contributed by atoms with Crippen LogP contribution in [0.2, 0.25) is 5.02 Å². The third-order valence-electron chi connectivity index (χ3n) is 4.82. The second-order valence-electron chi connectivity index (χ2n) is 6.37. The fraction of sp³-hybridized carbons (Fsp3) is 0.500. The molecule has 2 aromatic rings. The Morgan fingerprint density at radius 3 is 2.91 bits per heavy atom. The number of hydrogen-bond donors (Lipinski definition) is 1. The molecular formula is C18H24ClN3O. The van der Waals surface area contributed by atoms with E-state index in [9.17, 15) is 0 Å². The van der Waals surface area contributed by atoms with Crippen molar-refractivity contribution in [3.63, 3.8) is 0 Å². The van der Waals surface area contributed by atoms with Gasteiger partial charge in [0.15, 0.2) is 0 Å². The predicted molar refractivity (Wildman–Crippen MR) is 92.9 cm³/mol. The highest BCUT2D eigenvalue weighted by atomic mass is 35.5. The number of nitrogens with zero attached hydrogens (tertiary/aromatic N) is 3. The molecule has 0 radical (unpaired) electrons. The molecular weight excluding hydrogens is 310 g/mol. The van der Waals surface area contributed by atoms with Gasteiger partial charge in [-0.05, 0) is 50.4 Å². The SMILES string of the molecule is Cc1nn(CCO)c(C)c1CN1CC[C@H](c2cccc(Cl)c2)C1. The molecule has 1 aromatic heterocycles. The van der Waals surface area contributed by atoms with Crippen molar-refractivity contribution in [2.45, 2.75) is 39.3 Å². The summed E-state index contributed by atoms with van der Waals surface area (Å²) in [4.78, 5) is 2.49. The number of rotatable bonds is 5. The lowest BCUT2D eigenvalue weighted by Gasteiger charge is -2.17. The lowest BCUT2D eigenvalue weighted by atomic mass is 9.99. The predicted octanol–water partition coefficient (Wildman–Crippen LogP) is 3.14. The van der Waals surface area contributed by atoms with E-state index in [1.54, 1.807) is 0 Å². The molecule has 0 spiro atoms. The minimum atomic E-state index is 0.127. The molecule has 0 saturated carbocycles. The highest BCUT2D eigenvalue weighted by molar-refractivity contribution is 6.30. The summed E-state index contributed by atoms with van der Waals surface area (Å²) in [5.74, 6) is 0.557. The van der Waals surface area contributed by atoms with Crippen LogP contribution in [0, 0.1) is 13.8 Å². The molecule has 0 aliphatic carbocycles. The molecule has 4 nitrogen and oxygen atoms in total. The lowest BCUT2D eigenvalue weighted by Crippen LogP contribution is -2.20. The van der Waals surface area contributed by atoms with E-state index < -0.39 is 0 Å². The fourth-order valence-electron chi connectivity index (χ4n) is 3.51. The zero-order valence-corrected chi connectivity index (χ0v) is 14.6. The Balaban J connectivity index is 1.69. The minimum Gasteiger partial charge on any atom is -0.394 e. The summed E-state index contributed by atoms with van der Waals surface area (Å²) in [5, 5.41) is 14.5. The van der Waals surface area contributed by atoms with E-state index in [0.717, 1.165) is 30.4 Å². The number of likely N-dealkylation sites (tertiary alicyclic amines) is 1. The van der Waals surface area contributed by atoms with E-state index in [-0.39, 0.29) is 6.61 Å². The van der Waals surface area contributed by atoms with Crippen LogP contribution in [0.3, 0.4) is 0 Å². The topological polar surface area (TPSA) is 41.3 Å². The summed E-state index contributed by atoms with van der Waals surface area (Å²) < 4.78 is 1.91. The molecule has 0 unspecified atom stereocenters. The van der Waals surface area contributed by atoms with Gasteiger partial charge in [-0.2, -0.15) is 5.10 Å². The van der Waals surface area contributed by atoms with Gasteiger partial charge in [-0.1, -0.05) is 23.7 Å². The lowest BCUT2D eigenvalue weighted by molar-refractivity contribution is 0.267. The van der Waals surface area contributed by atoms with Crippen molar-refractivity contribution in [3.05, 3.63) is 51.8 Å². The third kappa shape index (κ3) is 3.60. The zero-order chi connectivity index (χ0) is 16.4. The van der Waals surface area contributed by atoms with Crippen LogP contribution in [0.15, 0.2) is 24.3 Å². The first-order valence-corrected chi connectivity index (χ1v) is 8.58. The van der Waals surface area contributed by atoms with E-state index in [1.807, 2.05) is 16.8 Å². The molecule has 3 rings (SSSR count). The summed E-state index contributed by atoms with van der Waals surface area (Å²) in [6.45, 7) is 7.93. The van der Waals surface area contributed by atoms with E-state index in [4.69, 9.17) is 16.7 Å². The summed E-state index contributed by atoms with van der Waals surface area (Å²) in [6.07, 6.45) is 1.17. The van der Waals surface area contributed by atoms with Crippen LogP contribution >= 0.6 is 11.6 Å². The maximum absolute atomic E-state index is 9.13. The maximum Gasteiger partial charge on any atom is 0.0644 e. The first-order valence-electron chi connectivity index (χ1n) is 8.20. The van der Waals surface area contributed by atoms with Crippen molar-refractivity contribution < 1.29 is 5.11 Å². The van der Waals surface area contributed by atoms with Gasteiger partial charge in [0.25, 0.3) is 0 Å².